The first kappa shape index (κ1) is 35.1. The molecule has 5 rings (SSSR count). The molecule has 0 spiro atoms. The molecule has 5 aromatic rings. The van der Waals surface area contributed by atoms with Crippen molar-refractivity contribution in [2.45, 2.75) is 74.7 Å². The van der Waals surface area contributed by atoms with Gasteiger partial charge in [-0.2, -0.15) is 0 Å². The van der Waals surface area contributed by atoms with Gasteiger partial charge in [-0.25, -0.2) is 0 Å². The van der Waals surface area contributed by atoms with Gasteiger partial charge in [0, 0.05) is 5.41 Å². The molecule has 0 aromatic heterocycles. The van der Waals surface area contributed by atoms with Crippen molar-refractivity contribution in [3.8, 4) is 11.1 Å². The van der Waals surface area contributed by atoms with Gasteiger partial charge in [0.05, 0.1) is 0 Å². The Bertz CT molecular complexity index is 1190. The predicted octanol–water partition coefficient (Wildman–Crippen LogP) is 12.3. The summed E-state index contributed by atoms with van der Waals surface area (Å²) in [4.78, 5) is 0. The van der Waals surface area contributed by atoms with Crippen molar-refractivity contribution in [2.75, 3.05) is 0 Å². The average Bonchev–Trinajstić information content (AvgIpc) is 3.02. The summed E-state index contributed by atoms with van der Waals surface area (Å²) in [7, 11) is 0. The van der Waals surface area contributed by atoms with Gasteiger partial charge in [0.1, 0.15) is 0 Å². The first-order chi connectivity index (χ1) is 19.8. The molecular weight excluding hydrogens is 492 g/mol. The first-order valence-corrected chi connectivity index (χ1v) is 15.0. The molecule has 0 aliphatic rings. The second-order valence-electron chi connectivity index (χ2n) is 10.2. The molecule has 0 radical (unpaired) electrons. The number of aryl methyl sites for hydroxylation is 4. The summed E-state index contributed by atoms with van der Waals surface area (Å²) < 4.78 is 0. The van der Waals surface area contributed by atoms with Gasteiger partial charge < -0.3 is 0 Å². The second kappa shape index (κ2) is 19.2. The third-order valence-electron chi connectivity index (χ3n) is 6.65. The highest BCUT2D eigenvalue weighted by atomic mass is 14.3. The molecule has 0 nitrogen and oxygen atoms in total. The Morgan fingerprint density at radius 3 is 0.732 bits per heavy atom. The molecule has 0 amide bonds. The molecule has 0 saturated heterocycles. The molecule has 0 atom stereocenters. The predicted molar refractivity (Wildman–Crippen MR) is 185 cm³/mol. The monoisotopic (exact) mass is 544 g/mol. The van der Waals surface area contributed by atoms with E-state index in [1.54, 1.807) is 0 Å². The van der Waals surface area contributed by atoms with Crippen LogP contribution >= 0.6 is 0 Å². The maximum Gasteiger partial charge on any atom is 0.0146 e. The largest absolute Gasteiger partial charge is 0.0683 e. The van der Waals surface area contributed by atoms with E-state index < -0.39 is 0 Å². The van der Waals surface area contributed by atoms with Crippen LogP contribution in [-0.4, -0.2) is 0 Å². The minimum Gasteiger partial charge on any atom is -0.0683 e. The van der Waals surface area contributed by atoms with Crippen LogP contribution in [0.2, 0.25) is 0 Å². The second-order valence-corrected chi connectivity index (χ2v) is 10.2. The molecule has 41 heavy (non-hydrogen) atoms. The highest BCUT2D eigenvalue weighted by molar-refractivity contribution is 5.63. The molecule has 0 heteroatoms. The Morgan fingerprint density at radius 1 is 0.317 bits per heavy atom. The molecule has 0 saturated carbocycles. The molecule has 5 aromatic carbocycles. The van der Waals surface area contributed by atoms with Crippen LogP contribution in [0.25, 0.3) is 11.1 Å². The van der Waals surface area contributed by atoms with E-state index in [1.165, 1.54) is 44.5 Å². The fourth-order valence-electron chi connectivity index (χ4n) is 3.98. The van der Waals surface area contributed by atoms with Gasteiger partial charge in [0.2, 0.25) is 0 Å². The average molecular weight is 545 g/mol. The summed E-state index contributed by atoms with van der Waals surface area (Å²) in [6.45, 7) is 21.0. The summed E-state index contributed by atoms with van der Waals surface area (Å²) in [5, 5.41) is 0. The van der Waals surface area contributed by atoms with E-state index in [1.807, 2.05) is 64.1 Å². The topological polar surface area (TPSA) is 0 Å². The van der Waals surface area contributed by atoms with Gasteiger partial charge in [-0.05, 0) is 49.9 Å². The lowest BCUT2D eigenvalue weighted by molar-refractivity contribution is 0.640. The zero-order valence-corrected chi connectivity index (χ0v) is 27.2. The van der Waals surface area contributed by atoms with Gasteiger partial charge in [0.15, 0.2) is 0 Å². The Balaban J connectivity index is 0.000000313. The lowest BCUT2D eigenvalue weighted by atomic mass is 9.78. The fraction of sp³-hybridized carbons (Fsp3) is 0.268. The standard InChI is InChI=1S/C17H20.C14H14.C6H6.2C2H6/c1-13-5-9-15(10-6-13)17(3,4)16-11-7-14(2)8-12-16;1-11-3-7-13(8-4-11)14-9-5-12(2)6-10-14;1-2-4-6-5-3-1;2*1-2/h5-12H,1-4H3;3-10H,1-2H3;1-6H;2*1-2H3. The minimum absolute atomic E-state index is 0.0708. The Kier molecular flexibility index (Phi) is 16.5. The Hall–Kier alpha value is -3.90. The highest BCUT2D eigenvalue weighted by Crippen LogP contribution is 2.31. The van der Waals surface area contributed by atoms with Crippen LogP contribution in [0.1, 0.15) is 74.9 Å². The van der Waals surface area contributed by atoms with Gasteiger partial charge in [0.25, 0.3) is 0 Å². The van der Waals surface area contributed by atoms with E-state index in [9.17, 15) is 0 Å². The van der Waals surface area contributed by atoms with E-state index in [0.29, 0.717) is 0 Å². The number of hydrogen-bond donors (Lipinski definition) is 0. The van der Waals surface area contributed by atoms with Crippen molar-refractivity contribution in [3.63, 3.8) is 0 Å². The maximum atomic E-state index is 2.28. The summed E-state index contributed by atoms with van der Waals surface area (Å²) >= 11 is 0. The molecule has 0 aliphatic heterocycles. The molecule has 0 aliphatic carbocycles. The van der Waals surface area contributed by atoms with E-state index in [2.05, 4.69) is 139 Å². The van der Waals surface area contributed by atoms with Crippen molar-refractivity contribution in [1.82, 2.24) is 0 Å². The van der Waals surface area contributed by atoms with Gasteiger partial charge in [-0.3, -0.25) is 0 Å². The first-order valence-electron chi connectivity index (χ1n) is 15.0. The highest BCUT2D eigenvalue weighted by Gasteiger charge is 2.22. The fourth-order valence-corrected chi connectivity index (χ4v) is 3.98. The van der Waals surface area contributed by atoms with Gasteiger partial charge in [-0.1, -0.05) is 197 Å². The van der Waals surface area contributed by atoms with Crippen LogP contribution in [-0.2, 0) is 5.41 Å². The molecular formula is C41H52. The van der Waals surface area contributed by atoms with Crippen molar-refractivity contribution < 1.29 is 0 Å². The normalized spacial score (nSPS) is 9.71. The zero-order chi connectivity index (χ0) is 30.7. The van der Waals surface area contributed by atoms with Crippen LogP contribution in [0.5, 0.6) is 0 Å². The van der Waals surface area contributed by atoms with Gasteiger partial charge in [-0.15, -0.1) is 0 Å². The molecule has 0 heterocycles. The molecule has 216 valence electrons. The summed E-state index contributed by atoms with van der Waals surface area (Å²) in [5.74, 6) is 0. The third-order valence-corrected chi connectivity index (χ3v) is 6.65. The Morgan fingerprint density at radius 2 is 0.512 bits per heavy atom. The number of rotatable bonds is 3. The van der Waals surface area contributed by atoms with E-state index in [0.717, 1.165) is 0 Å². The van der Waals surface area contributed by atoms with E-state index in [-0.39, 0.29) is 5.41 Å². The lowest BCUT2D eigenvalue weighted by Crippen LogP contribution is -2.18. The van der Waals surface area contributed by atoms with Crippen LogP contribution in [0.3, 0.4) is 0 Å². The smallest absolute Gasteiger partial charge is 0.0146 e. The van der Waals surface area contributed by atoms with Crippen LogP contribution < -0.4 is 0 Å². The SMILES string of the molecule is CC.CC.Cc1ccc(-c2ccc(C)cc2)cc1.Cc1ccc(C(C)(C)c2ccc(C)cc2)cc1.c1ccccc1. The van der Waals surface area contributed by atoms with Crippen molar-refractivity contribution in [1.29, 1.82) is 0 Å². The van der Waals surface area contributed by atoms with E-state index in [4.69, 9.17) is 0 Å². The molecule has 0 bridgehead atoms. The molecule has 0 fully saturated rings. The summed E-state index contributed by atoms with van der Waals surface area (Å²) in [5.41, 5.74) is 10.6. The summed E-state index contributed by atoms with van der Waals surface area (Å²) in [6.07, 6.45) is 0. The minimum atomic E-state index is 0.0708. The maximum absolute atomic E-state index is 2.28. The summed E-state index contributed by atoms with van der Waals surface area (Å²) in [6, 6.07) is 46.9. The third kappa shape index (κ3) is 12.4. The quantitative estimate of drug-likeness (QED) is 0.212. The Labute approximate surface area is 252 Å². The van der Waals surface area contributed by atoms with E-state index >= 15 is 0 Å². The number of benzene rings is 5. The van der Waals surface area contributed by atoms with Crippen LogP contribution in [0.4, 0.5) is 0 Å². The van der Waals surface area contributed by atoms with Crippen molar-refractivity contribution >= 4 is 0 Å². The number of hydrogen-bond acceptors (Lipinski definition) is 0. The lowest BCUT2D eigenvalue weighted by Gasteiger charge is -2.26. The molecule has 0 N–H and O–H groups in total. The van der Waals surface area contributed by atoms with Gasteiger partial charge >= 0.3 is 0 Å². The van der Waals surface area contributed by atoms with Crippen molar-refractivity contribution in [3.05, 3.63) is 167 Å². The molecule has 0 unspecified atom stereocenters. The van der Waals surface area contributed by atoms with Crippen LogP contribution in [0, 0.1) is 27.7 Å². The van der Waals surface area contributed by atoms with Crippen molar-refractivity contribution in [2.24, 2.45) is 0 Å². The zero-order valence-electron chi connectivity index (χ0n) is 27.2. The van der Waals surface area contributed by atoms with Crippen LogP contribution in [0.15, 0.2) is 133 Å².